The first-order valence-corrected chi connectivity index (χ1v) is 8.66. The second-order valence-electron chi connectivity index (χ2n) is 6.25. The summed E-state index contributed by atoms with van der Waals surface area (Å²) in [5.74, 6) is 0.319. The van der Waals surface area contributed by atoms with E-state index in [-0.39, 0.29) is 5.91 Å². The average Bonchev–Trinajstić information content (AvgIpc) is 2.66. The Hall–Kier alpha value is -2.82. The van der Waals surface area contributed by atoms with Crippen LogP contribution < -0.4 is 16.4 Å². The van der Waals surface area contributed by atoms with E-state index in [1.807, 2.05) is 12.1 Å². The van der Waals surface area contributed by atoms with Crippen molar-refractivity contribution in [2.75, 3.05) is 12.4 Å². The molecule has 0 aliphatic heterocycles. The van der Waals surface area contributed by atoms with Gasteiger partial charge in [0, 0.05) is 18.3 Å². The first kappa shape index (κ1) is 17.0. The van der Waals surface area contributed by atoms with Crippen LogP contribution in [0.5, 0.6) is 0 Å². The normalized spacial score (nSPS) is 13.9. The summed E-state index contributed by atoms with van der Waals surface area (Å²) in [4.78, 5) is 16.0. The molecule has 5 nitrogen and oxygen atoms in total. The van der Waals surface area contributed by atoms with Gasteiger partial charge in [0.25, 0.3) is 5.91 Å². The van der Waals surface area contributed by atoms with Gasteiger partial charge in [-0.2, -0.15) is 0 Å². The van der Waals surface area contributed by atoms with Gasteiger partial charge in [-0.05, 0) is 60.6 Å². The molecule has 0 aromatic heterocycles. The van der Waals surface area contributed by atoms with E-state index < -0.39 is 0 Å². The highest BCUT2D eigenvalue weighted by Gasteiger charge is 2.13. The van der Waals surface area contributed by atoms with Crippen molar-refractivity contribution in [3.63, 3.8) is 0 Å². The number of nitrogens with two attached hydrogens (primary N) is 1. The van der Waals surface area contributed by atoms with Gasteiger partial charge in [0.15, 0.2) is 5.96 Å². The van der Waals surface area contributed by atoms with Crippen molar-refractivity contribution in [3.05, 3.63) is 64.7 Å². The molecule has 0 bridgehead atoms. The summed E-state index contributed by atoms with van der Waals surface area (Å²) in [7, 11) is 1.62. The van der Waals surface area contributed by atoms with Crippen LogP contribution in [0, 0.1) is 0 Å². The van der Waals surface area contributed by atoms with Crippen molar-refractivity contribution < 1.29 is 4.79 Å². The summed E-state index contributed by atoms with van der Waals surface area (Å²) in [5, 5.41) is 5.85. The van der Waals surface area contributed by atoms with Gasteiger partial charge >= 0.3 is 0 Å². The number of aliphatic imine (C=N–C) groups is 1. The van der Waals surface area contributed by atoms with E-state index in [2.05, 4.69) is 33.8 Å². The topological polar surface area (TPSA) is 79.5 Å². The van der Waals surface area contributed by atoms with E-state index in [0.717, 1.165) is 24.1 Å². The minimum absolute atomic E-state index is 0.0925. The van der Waals surface area contributed by atoms with E-state index in [9.17, 15) is 4.79 Å². The van der Waals surface area contributed by atoms with Gasteiger partial charge in [-0.25, -0.2) is 4.99 Å². The Morgan fingerprint density at radius 1 is 1.12 bits per heavy atom. The van der Waals surface area contributed by atoms with Crippen LogP contribution in [0.15, 0.2) is 47.5 Å². The molecule has 0 spiro atoms. The average molecular weight is 336 g/mol. The Bertz CT molecular complexity index is 781. The number of anilines is 1. The maximum atomic E-state index is 11.5. The molecular formula is C20H24N4O. The van der Waals surface area contributed by atoms with Crippen molar-refractivity contribution in [1.82, 2.24) is 5.32 Å². The summed E-state index contributed by atoms with van der Waals surface area (Å²) in [6.07, 6.45) is 4.71. The highest BCUT2D eigenvalue weighted by Crippen LogP contribution is 2.27. The van der Waals surface area contributed by atoms with Crippen LogP contribution in [0.1, 0.15) is 39.9 Å². The lowest BCUT2D eigenvalue weighted by Crippen LogP contribution is -2.24. The fourth-order valence-corrected chi connectivity index (χ4v) is 3.16. The third kappa shape index (κ3) is 4.18. The molecule has 2 aromatic carbocycles. The SMILES string of the molecule is CNC(=O)c1ccc(CN=C(N)Nc2cccc3c2CCCC3)cc1. The van der Waals surface area contributed by atoms with Crippen LogP contribution >= 0.6 is 0 Å². The smallest absolute Gasteiger partial charge is 0.251 e. The molecule has 5 heteroatoms. The van der Waals surface area contributed by atoms with Crippen molar-refractivity contribution in [2.45, 2.75) is 32.2 Å². The molecule has 2 aromatic rings. The van der Waals surface area contributed by atoms with Gasteiger partial charge in [0.2, 0.25) is 0 Å². The number of carbonyl (C=O) groups is 1. The number of nitrogens with one attached hydrogen (secondary N) is 2. The molecule has 130 valence electrons. The van der Waals surface area contributed by atoms with Gasteiger partial charge in [-0.15, -0.1) is 0 Å². The Balaban J connectivity index is 1.65. The summed E-state index contributed by atoms with van der Waals surface area (Å²) < 4.78 is 0. The summed E-state index contributed by atoms with van der Waals surface area (Å²) in [6, 6.07) is 13.7. The van der Waals surface area contributed by atoms with E-state index in [1.54, 1.807) is 19.2 Å². The van der Waals surface area contributed by atoms with Crippen LogP contribution in [-0.4, -0.2) is 18.9 Å². The fraction of sp³-hybridized carbons (Fsp3) is 0.300. The summed E-state index contributed by atoms with van der Waals surface area (Å²) in [6.45, 7) is 0.474. The van der Waals surface area contributed by atoms with Gasteiger partial charge in [-0.3, -0.25) is 4.79 Å². The zero-order valence-corrected chi connectivity index (χ0v) is 14.5. The Morgan fingerprint density at radius 2 is 1.88 bits per heavy atom. The Morgan fingerprint density at radius 3 is 2.64 bits per heavy atom. The summed E-state index contributed by atoms with van der Waals surface area (Å²) in [5.41, 5.74) is 11.5. The summed E-state index contributed by atoms with van der Waals surface area (Å²) >= 11 is 0. The lowest BCUT2D eigenvalue weighted by atomic mass is 9.90. The van der Waals surface area contributed by atoms with Crippen molar-refractivity contribution >= 4 is 17.6 Å². The zero-order valence-electron chi connectivity index (χ0n) is 14.5. The van der Waals surface area contributed by atoms with Crippen molar-refractivity contribution in [3.8, 4) is 0 Å². The third-order valence-corrected chi connectivity index (χ3v) is 4.53. The van der Waals surface area contributed by atoms with Crippen molar-refractivity contribution in [1.29, 1.82) is 0 Å². The first-order valence-electron chi connectivity index (χ1n) is 8.66. The molecule has 0 saturated heterocycles. The molecule has 0 heterocycles. The molecule has 25 heavy (non-hydrogen) atoms. The molecule has 0 atom stereocenters. The number of fused-ring (bicyclic) bond motifs is 1. The largest absolute Gasteiger partial charge is 0.370 e. The van der Waals surface area contributed by atoms with E-state index in [0.29, 0.717) is 18.1 Å². The molecule has 4 N–H and O–H groups in total. The number of guanidine groups is 1. The van der Waals surface area contributed by atoms with E-state index >= 15 is 0 Å². The minimum atomic E-state index is -0.0925. The van der Waals surface area contributed by atoms with Gasteiger partial charge in [0.1, 0.15) is 0 Å². The Kier molecular flexibility index (Phi) is 5.33. The molecule has 3 rings (SSSR count). The Labute approximate surface area is 148 Å². The van der Waals surface area contributed by atoms with Gasteiger partial charge in [0.05, 0.1) is 6.54 Å². The van der Waals surface area contributed by atoms with Crippen LogP contribution in [-0.2, 0) is 19.4 Å². The van der Waals surface area contributed by atoms with Crippen LogP contribution in [0.25, 0.3) is 0 Å². The maximum absolute atomic E-state index is 11.5. The van der Waals surface area contributed by atoms with Gasteiger partial charge in [-0.1, -0.05) is 24.3 Å². The van der Waals surface area contributed by atoms with Crippen LogP contribution in [0.4, 0.5) is 5.69 Å². The number of amides is 1. The highest BCUT2D eigenvalue weighted by atomic mass is 16.1. The maximum Gasteiger partial charge on any atom is 0.251 e. The molecule has 1 amide bonds. The predicted molar refractivity (Wildman–Crippen MR) is 102 cm³/mol. The monoisotopic (exact) mass is 336 g/mol. The molecule has 0 unspecified atom stereocenters. The molecule has 0 radical (unpaired) electrons. The lowest BCUT2D eigenvalue weighted by Gasteiger charge is -2.19. The number of hydrogen-bond donors (Lipinski definition) is 3. The van der Waals surface area contributed by atoms with Crippen LogP contribution in [0.3, 0.4) is 0 Å². The van der Waals surface area contributed by atoms with Crippen LogP contribution in [0.2, 0.25) is 0 Å². The van der Waals surface area contributed by atoms with E-state index in [4.69, 9.17) is 5.73 Å². The number of aryl methyl sites for hydroxylation is 1. The molecule has 0 saturated carbocycles. The quantitative estimate of drug-likeness (QED) is 0.593. The zero-order chi connectivity index (χ0) is 17.6. The molecular weight excluding hydrogens is 312 g/mol. The number of carbonyl (C=O) groups excluding carboxylic acids is 1. The van der Waals surface area contributed by atoms with Crippen molar-refractivity contribution in [2.24, 2.45) is 10.7 Å². The second-order valence-corrected chi connectivity index (χ2v) is 6.25. The fourth-order valence-electron chi connectivity index (χ4n) is 3.16. The second kappa shape index (κ2) is 7.83. The standard InChI is InChI=1S/C20H24N4O/c1-22-19(25)16-11-9-14(10-12-16)13-23-20(21)24-18-8-4-6-15-5-2-3-7-17(15)18/h4,6,8-12H,2-3,5,7,13H2,1H3,(H,22,25)(H3,21,23,24). The first-order chi connectivity index (χ1) is 12.2. The molecule has 0 fully saturated rings. The van der Waals surface area contributed by atoms with E-state index in [1.165, 1.54) is 24.0 Å². The predicted octanol–water partition coefficient (Wildman–Crippen LogP) is 2.85. The third-order valence-electron chi connectivity index (χ3n) is 4.53. The number of benzene rings is 2. The number of hydrogen-bond acceptors (Lipinski definition) is 2. The number of rotatable bonds is 4. The molecule has 1 aliphatic carbocycles. The highest BCUT2D eigenvalue weighted by molar-refractivity contribution is 5.94. The lowest BCUT2D eigenvalue weighted by molar-refractivity contribution is 0.0963. The molecule has 1 aliphatic rings. The number of nitrogens with zero attached hydrogens (tertiary/aromatic N) is 1. The van der Waals surface area contributed by atoms with Gasteiger partial charge < -0.3 is 16.4 Å². The minimum Gasteiger partial charge on any atom is -0.370 e.